The van der Waals surface area contributed by atoms with Crippen LogP contribution in [0.15, 0.2) is 0 Å². The molecular formula is C16H35N3. The van der Waals surface area contributed by atoms with E-state index >= 15 is 0 Å². The first-order valence-corrected chi connectivity index (χ1v) is 8.21. The smallest absolute Gasteiger partial charge is 0.000667 e. The van der Waals surface area contributed by atoms with Crippen molar-refractivity contribution in [2.75, 3.05) is 53.4 Å². The predicted molar refractivity (Wildman–Crippen MR) is 84.7 cm³/mol. The van der Waals surface area contributed by atoms with Crippen molar-refractivity contribution in [3.8, 4) is 0 Å². The first-order valence-electron chi connectivity index (χ1n) is 8.21. The van der Waals surface area contributed by atoms with Crippen molar-refractivity contribution >= 4 is 0 Å². The fourth-order valence-corrected chi connectivity index (χ4v) is 3.02. The van der Waals surface area contributed by atoms with E-state index < -0.39 is 0 Å². The molecule has 0 aliphatic carbocycles. The molecule has 114 valence electrons. The van der Waals surface area contributed by atoms with Crippen LogP contribution in [0.4, 0.5) is 0 Å². The van der Waals surface area contributed by atoms with Crippen LogP contribution in [-0.2, 0) is 0 Å². The Morgan fingerprint density at radius 1 is 1.21 bits per heavy atom. The van der Waals surface area contributed by atoms with Crippen LogP contribution in [0.1, 0.15) is 39.5 Å². The first-order chi connectivity index (χ1) is 9.13. The maximum absolute atomic E-state index is 3.54. The van der Waals surface area contributed by atoms with Gasteiger partial charge in [0.15, 0.2) is 0 Å². The minimum atomic E-state index is 0.871. The van der Waals surface area contributed by atoms with Crippen molar-refractivity contribution in [2.45, 2.75) is 39.5 Å². The molecule has 0 spiro atoms. The highest BCUT2D eigenvalue weighted by atomic mass is 15.1. The van der Waals surface area contributed by atoms with E-state index in [4.69, 9.17) is 0 Å². The van der Waals surface area contributed by atoms with Crippen LogP contribution in [0.25, 0.3) is 0 Å². The second-order valence-electron chi connectivity index (χ2n) is 6.46. The molecular weight excluding hydrogens is 234 g/mol. The molecule has 0 radical (unpaired) electrons. The predicted octanol–water partition coefficient (Wildman–Crippen LogP) is 2.29. The molecule has 19 heavy (non-hydrogen) atoms. The van der Waals surface area contributed by atoms with Crippen molar-refractivity contribution in [3.05, 3.63) is 0 Å². The number of nitrogens with zero attached hydrogens (tertiary/aromatic N) is 2. The fraction of sp³-hybridized carbons (Fsp3) is 1.00. The lowest BCUT2D eigenvalue weighted by Crippen LogP contribution is -2.35. The van der Waals surface area contributed by atoms with Gasteiger partial charge in [0, 0.05) is 0 Å². The summed E-state index contributed by atoms with van der Waals surface area (Å²) in [5.41, 5.74) is 0. The van der Waals surface area contributed by atoms with Gasteiger partial charge >= 0.3 is 0 Å². The fourth-order valence-electron chi connectivity index (χ4n) is 3.02. The summed E-state index contributed by atoms with van der Waals surface area (Å²) >= 11 is 0. The number of nitrogens with one attached hydrogen (secondary N) is 1. The molecule has 1 fully saturated rings. The lowest BCUT2D eigenvalue weighted by molar-refractivity contribution is 0.211. The molecule has 1 aliphatic heterocycles. The van der Waals surface area contributed by atoms with Crippen LogP contribution in [0.5, 0.6) is 0 Å². The Kier molecular flexibility index (Phi) is 8.67. The van der Waals surface area contributed by atoms with Crippen molar-refractivity contribution < 1.29 is 0 Å². The Morgan fingerprint density at radius 3 is 2.58 bits per heavy atom. The monoisotopic (exact) mass is 269 g/mol. The van der Waals surface area contributed by atoms with Crippen LogP contribution in [0.3, 0.4) is 0 Å². The van der Waals surface area contributed by atoms with Gasteiger partial charge in [-0.3, -0.25) is 0 Å². The zero-order chi connectivity index (χ0) is 14.1. The molecule has 1 aliphatic rings. The van der Waals surface area contributed by atoms with Crippen LogP contribution in [-0.4, -0.2) is 63.2 Å². The molecule has 1 heterocycles. The summed E-state index contributed by atoms with van der Waals surface area (Å²) in [7, 11) is 4.32. The van der Waals surface area contributed by atoms with Crippen LogP contribution in [0, 0.1) is 11.8 Å². The van der Waals surface area contributed by atoms with Crippen molar-refractivity contribution in [1.82, 2.24) is 15.1 Å². The third-order valence-electron chi connectivity index (χ3n) is 4.57. The second kappa shape index (κ2) is 9.73. The third kappa shape index (κ3) is 7.28. The van der Waals surface area contributed by atoms with Gasteiger partial charge in [-0.05, 0) is 90.9 Å². The Labute approximate surface area is 120 Å². The summed E-state index contributed by atoms with van der Waals surface area (Å²) in [6.07, 6.45) is 5.46. The van der Waals surface area contributed by atoms with Crippen LogP contribution >= 0.6 is 0 Å². The molecule has 3 nitrogen and oxygen atoms in total. The van der Waals surface area contributed by atoms with E-state index in [1.165, 1.54) is 65.0 Å². The van der Waals surface area contributed by atoms with E-state index in [1.54, 1.807) is 0 Å². The topological polar surface area (TPSA) is 18.5 Å². The first kappa shape index (κ1) is 16.9. The van der Waals surface area contributed by atoms with Gasteiger partial charge in [0.1, 0.15) is 0 Å². The molecule has 0 saturated carbocycles. The van der Waals surface area contributed by atoms with Gasteiger partial charge in [0.2, 0.25) is 0 Å². The average molecular weight is 269 g/mol. The summed E-state index contributed by atoms with van der Waals surface area (Å²) in [6, 6.07) is 0. The summed E-state index contributed by atoms with van der Waals surface area (Å²) in [5.74, 6) is 1.78. The van der Waals surface area contributed by atoms with E-state index in [0.29, 0.717) is 0 Å². The van der Waals surface area contributed by atoms with Crippen molar-refractivity contribution in [2.24, 2.45) is 11.8 Å². The number of rotatable bonds is 9. The normalized spacial score (nSPS) is 22.1. The summed E-state index contributed by atoms with van der Waals surface area (Å²) in [5, 5.41) is 3.54. The van der Waals surface area contributed by atoms with Gasteiger partial charge in [-0.25, -0.2) is 0 Å². The van der Waals surface area contributed by atoms with Gasteiger partial charge in [-0.1, -0.05) is 13.8 Å². The van der Waals surface area contributed by atoms with Gasteiger partial charge < -0.3 is 15.1 Å². The number of hydrogen-bond donors (Lipinski definition) is 1. The van der Waals surface area contributed by atoms with E-state index in [2.05, 4.69) is 43.1 Å². The lowest BCUT2D eigenvalue weighted by atomic mass is 9.85. The highest BCUT2D eigenvalue weighted by Crippen LogP contribution is 2.22. The van der Waals surface area contributed by atoms with Crippen LogP contribution < -0.4 is 5.32 Å². The highest BCUT2D eigenvalue weighted by molar-refractivity contribution is 4.74. The quantitative estimate of drug-likeness (QED) is 0.693. The van der Waals surface area contributed by atoms with Crippen molar-refractivity contribution in [1.29, 1.82) is 0 Å². The molecule has 1 N–H and O–H groups in total. The molecule has 1 saturated heterocycles. The summed E-state index contributed by atoms with van der Waals surface area (Å²) in [4.78, 5) is 4.90. The Bertz CT molecular complexity index is 212. The zero-order valence-corrected chi connectivity index (χ0v) is 13.6. The maximum atomic E-state index is 3.54. The lowest BCUT2D eigenvalue weighted by Gasteiger charge is -2.30. The third-order valence-corrected chi connectivity index (χ3v) is 4.57. The van der Waals surface area contributed by atoms with Gasteiger partial charge in [0.25, 0.3) is 0 Å². The van der Waals surface area contributed by atoms with E-state index in [1.807, 2.05) is 0 Å². The molecule has 2 unspecified atom stereocenters. The molecule has 0 aromatic carbocycles. The molecule has 0 bridgehead atoms. The maximum Gasteiger partial charge on any atom is -0.000667 e. The Hall–Kier alpha value is -0.120. The minimum absolute atomic E-state index is 0.871. The van der Waals surface area contributed by atoms with Gasteiger partial charge in [-0.2, -0.15) is 0 Å². The zero-order valence-electron chi connectivity index (χ0n) is 13.6. The van der Waals surface area contributed by atoms with Crippen LogP contribution in [0.2, 0.25) is 0 Å². The molecule has 1 rings (SSSR count). The molecule has 0 aromatic rings. The standard InChI is InChI=1S/C16H35N3/c1-5-19(12-7-11-18(3)4)13-9-15(2)16-8-6-10-17-14-16/h15-17H,5-14H2,1-4H3. The minimum Gasteiger partial charge on any atom is -0.316 e. The Morgan fingerprint density at radius 2 is 2.00 bits per heavy atom. The molecule has 0 aromatic heterocycles. The highest BCUT2D eigenvalue weighted by Gasteiger charge is 2.20. The summed E-state index contributed by atoms with van der Waals surface area (Å²) < 4.78 is 0. The van der Waals surface area contributed by atoms with E-state index in [0.717, 1.165) is 11.8 Å². The second-order valence-corrected chi connectivity index (χ2v) is 6.46. The van der Waals surface area contributed by atoms with Gasteiger partial charge in [-0.15, -0.1) is 0 Å². The number of piperidine rings is 1. The molecule has 3 heteroatoms. The summed E-state index contributed by atoms with van der Waals surface area (Å²) in [6.45, 7) is 12.2. The number of hydrogen-bond acceptors (Lipinski definition) is 3. The molecule has 2 atom stereocenters. The molecule has 0 amide bonds. The van der Waals surface area contributed by atoms with Crippen molar-refractivity contribution in [3.63, 3.8) is 0 Å². The average Bonchev–Trinajstić information content (AvgIpc) is 2.42. The van der Waals surface area contributed by atoms with Gasteiger partial charge in [0.05, 0.1) is 0 Å². The largest absolute Gasteiger partial charge is 0.316 e. The Balaban J connectivity index is 2.16. The van der Waals surface area contributed by atoms with E-state index in [-0.39, 0.29) is 0 Å². The SMILES string of the molecule is CCN(CCCN(C)C)CCC(C)C1CCCNC1. The van der Waals surface area contributed by atoms with E-state index in [9.17, 15) is 0 Å².